The highest BCUT2D eigenvalue weighted by Crippen LogP contribution is 2.34. The third kappa shape index (κ3) is 4.39. The van der Waals surface area contributed by atoms with Crippen molar-refractivity contribution in [1.29, 1.82) is 0 Å². The third-order valence-electron chi connectivity index (χ3n) is 5.22. The van der Waals surface area contributed by atoms with Crippen LogP contribution in [0, 0.1) is 5.92 Å². The lowest BCUT2D eigenvalue weighted by molar-refractivity contribution is -0.128. The lowest BCUT2D eigenvalue weighted by atomic mass is 9.97. The van der Waals surface area contributed by atoms with E-state index in [1.165, 1.54) is 6.42 Å². The van der Waals surface area contributed by atoms with Crippen LogP contribution in [0.15, 0.2) is 12.1 Å². The fourth-order valence-corrected chi connectivity index (χ4v) is 4.18. The molecule has 1 atom stereocenters. The van der Waals surface area contributed by atoms with Crippen LogP contribution in [-0.4, -0.2) is 56.1 Å². The Hall–Kier alpha value is -1.46. The highest BCUT2D eigenvalue weighted by atomic mass is 35.5. The molecule has 0 N–H and O–H groups in total. The molecule has 2 saturated heterocycles. The first-order valence-corrected chi connectivity index (χ1v) is 9.39. The maximum atomic E-state index is 11.9. The van der Waals surface area contributed by atoms with E-state index >= 15 is 0 Å². The Morgan fingerprint density at radius 3 is 2.72 bits per heavy atom. The van der Waals surface area contributed by atoms with Crippen molar-refractivity contribution < 1.29 is 14.3 Å². The molecule has 0 aliphatic carbocycles. The fourth-order valence-electron chi connectivity index (χ4n) is 3.92. The van der Waals surface area contributed by atoms with E-state index in [1.54, 1.807) is 14.2 Å². The van der Waals surface area contributed by atoms with Gasteiger partial charge in [0.1, 0.15) is 11.5 Å². The molecule has 2 aliphatic heterocycles. The Kier molecular flexibility index (Phi) is 6.07. The number of methoxy groups -OCH3 is 2. The topological polar surface area (TPSA) is 42.0 Å². The summed E-state index contributed by atoms with van der Waals surface area (Å²) < 4.78 is 10.8. The molecule has 0 saturated carbocycles. The number of nitrogens with zero attached hydrogens (tertiary/aromatic N) is 2. The fraction of sp³-hybridized carbons (Fsp3) is 0.632. The summed E-state index contributed by atoms with van der Waals surface area (Å²) in [7, 11) is 3.28. The zero-order valence-corrected chi connectivity index (χ0v) is 15.8. The molecule has 0 spiro atoms. The number of carbonyl (C=O) groups is 1. The minimum absolute atomic E-state index is 0.317. The first kappa shape index (κ1) is 18.3. The van der Waals surface area contributed by atoms with E-state index in [9.17, 15) is 4.79 Å². The molecule has 0 bridgehead atoms. The van der Waals surface area contributed by atoms with E-state index in [0.29, 0.717) is 22.6 Å². The standard InChI is InChI=1S/C19H27ClN2O3/c1-24-15-9-17(20)16(18(10-15)25-2)13-21-7-3-5-14(11-21)12-22-8-4-6-19(22)23/h9-10,14H,3-8,11-13H2,1-2H3. The minimum Gasteiger partial charge on any atom is -0.497 e. The van der Waals surface area contributed by atoms with Gasteiger partial charge in [-0.2, -0.15) is 0 Å². The molecule has 1 unspecified atom stereocenters. The maximum absolute atomic E-state index is 11.9. The summed E-state index contributed by atoms with van der Waals surface area (Å²) in [5, 5.41) is 0.674. The number of piperidine rings is 1. The number of likely N-dealkylation sites (tertiary alicyclic amines) is 2. The average molecular weight is 367 g/mol. The normalized spacial score (nSPS) is 21.6. The molecule has 2 heterocycles. The summed E-state index contributed by atoms with van der Waals surface area (Å²) in [5.74, 6) is 2.33. The number of amides is 1. The van der Waals surface area contributed by atoms with Gasteiger partial charge in [-0.25, -0.2) is 0 Å². The maximum Gasteiger partial charge on any atom is 0.222 e. The predicted octanol–water partition coefficient (Wildman–Crippen LogP) is 3.19. The molecule has 1 amide bonds. The largest absolute Gasteiger partial charge is 0.497 e. The van der Waals surface area contributed by atoms with Gasteiger partial charge >= 0.3 is 0 Å². The quantitative estimate of drug-likeness (QED) is 0.775. The summed E-state index contributed by atoms with van der Waals surface area (Å²) in [5.41, 5.74) is 1.00. The van der Waals surface area contributed by atoms with Gasteiger partial charge < -0.3 is 14.4 Å². The number of carbonyl (C=O) groups excluding carboxylic acids is 1. The van der Waals surface area contributed by atoms with E-state index in [0.717, 1.165) is 63.3 Å². The lowest BCUT2D eigenvalue weighted by Crippen LogP contribution is -2.41. The van der Waals surface area contributed by atoms with E-state index in [-0.39, 0.29) is 0 Å². The second-order valence-electron chi connectivity index (χ2n) is 6.98. The van der Waals surface area contributed by atoms with Crippen molar-refractivity contribution in [3.8, 4) is 11.5 Å². The van der Waals surface area contributed by atoms with Crippen LogP contribution in [0.1, 0.15) is 31.2 Å². The summed E-state index contributed by atoms with van der Waals surface area (Å²) in [6, 6.07) is 3.72. The van der Waals surface area contributed by atoms with Crippen LogP contribution in [0.5, 0.6) is 11.5 Å². The molecule has 1 aromatic rings. The minimum atomic E-state index is 0.317. The monoisotopic (exact) mass is 366 g/mol. The van der Waals surface area contributed by atoms with E-state index in [4.69, 9.17) is 21.1 Å². The Bertz CT molecular complexity index is 623. The van der Waals surface area contributed by atoms with Gasteiger partial charge in [0, 0.05) is 44.2 Å². The van der Waals surface area contributed by atoms with Gasteiger partial charge in [0.25, 0.3) is 0 Å². The first-order valence-electron chi connectivity index (χ1n) is 9.01. The third-order valence-corrected chi connectivity index (χ3v) is 5.56. The van der Waals surface area contributed by atoms with Crippen molar-refractivity contribution in [2.45, 2.75) is 32.2 Å². The van der Waals surface area contributed by atoms with Gasteiger partial charge in [-0.15, -0.1) is 0 Å². The zero-order valence-electron chi connectivity index (χ0n) is 15.1. The molecule has 0 radical (unpaired) electrons. The Labute approximate surface area is 154 Å². The smallest absolute Gasteiger partial charge is 0.222 e. The van der Waals surface area contributed by atoms with Crippen LogP contribution < -0.4 is 9.47 Å². The van der Waals surface area contributed by atoms with E-state index < -0.39 is 0 Å². The number of halogens is 1. The summed E-state index contributed by atoms with van der Waals surface area (Å²) in [4.78, 5) is 16.3. The second kappa shape index (κ2) is 8.28. The van der Waals surface area contributed by atoms with Crippen molar-refractivity contribution in [3.63, 3.8) is 0 Å². The highest BCUT2D eigenvalue weighted by molar-refractivity contribution is 6.31. The van der Waals surface area contributed by atoms with Gasteiger partial charge in [0.15, 0.2) is 0 Å². The van der Waals surface area contributed by atoms with Crippen molar-refractivity contribution in [2.24, 2.45) is 5.92 Å². The zero-order chi connectivity index (χ0) is 17.8. The molecule has 2 aliphatic rings. The van der Waals surface area contributed by atoms with Crippen LogP contribution in [-0.2, 0) is 11.3 Å². The van der Waals surface area contributed by atoms with Crippen LogP contribution in [0.3, 0.4) is 0 Å². The number of rotatable bonds is 6. The SMILES string of the molecule is COc1cc(Cl)c(CN2CCCC(CN3CCCC3=O)C2)c(OC)c1. The van der Waals surface area contributed by atoms with Crippen LogP contribution in [0.25, 0.3) is 0 Å². The molecule has 6 heteroatoms. The highest BCUT2D eigenvalue weighted by Gasteiger charge is 2.27. The summed E-state index contributed by atoms with van der Waals surface area (Å²) >= 11 is 6.46. The molecule has 138 valence electrons. The molecule has 2 fully saturated rings. The van der Waals surface area contributed by atoms with Gasteiger partial charge in [-0.3, -0.25) is 9.69 Å². The van der Waals surface area contributed by atoms with E-state index in [2.05, 4.69) is 4.90 Å². The Morgan fingerprint density at radius 2 is 2.04 bits per heavy atom. The summed E-state index contributed by atoms with van der Waals surface area (Å²) in [6.07, 6.45) is 4.07. The molecule has 0 aromatic heterocycles. The van der Waals surface area contributed by atoms with Gasteiger partial charge in [0.2, 0.25) is 5.91 Å². The second-order valence-corrected chi connectivity index (χ2v) is 7.38. The van der Waals surface area contributed by atoms with Crippen LogP contribution in [0.4, 0.5) is 0 Å². The first-order chi connectivity index (χ1) is 12.1. The van der Waals surface area contributed by atoms with Crippen molar-refractivity contribution >= 4 is 17.5 Å². The van der Waals surface area contributed by atoms with Gasteiger partial charge in [-0.05, 0) is 37.8 Å². The molecular weight excluding hydrogens is 340 g/mol. The predicted molar refractivity (Wildman–Crippen MR) is 98.4 cm³/mol. The summed E-state index contributed by atoms with van der Waals surface area (Å²) in [6.45, 7) is 4.62. The molecular formula is C19H27ClN2O3. The van der Waals surface area contributed by atoms with E-state index in [1.807, 2.05) is 17.0 Å². The van der Waals surface area contributed by atoms with Gasteiger partial charge in [0.05, 0.1) is 19.2 Å². The van der Waals surface area contributed by atoms with Crippen molar-refractivity contribution in [3.05, 3.63) is 22.7 Å². The number of hydrogen-bond acceptors (Lipinski definition) is 4. The van der Waals surface area contributed by atoms with Crippen LogP contribution >= 0.6 is 11.6 Å². The van der Waals surface area contributed by atoms with Gasteiger partial charge in [-0.1, -0.05) is 11.6 Å². The van der Waals surface area contributed by atoms with Crippen molar-refractivity contribution in [2.75, 3.05) is 40.4 Å². The molecule has 3 rings (SSSR count). The Morgan fingerprint density at radius 1 is 1.20 bits per heavy atom. The average Bonchev–Trinajstić information content (AvgIpc) is 3.01. The van der Waals surface area contributed by atoms with Crippen LogP contribution in [0.2, 0.25) is 5.02 Å². The molecule has 5 nitrogen and oxygen atoms in total. The molecule has 25 heavy (non-hydrogen) atoms. The molecule has 1 aromatic carbocycles. The van der Waals surface area contributed by atoms with Crippen molar-refractivity contribution in [1.82, 2.24) is 9.80 Å². The Balaban J connectivity index is 1.65. The lowest BCUT2D eigenvalue weighted by Gasteiger charge is -2.35. The number of hydrogen-bond donors (Lipinski definition) is 0. The number of ether oxygens (including phenoxy) is 2. The number of benzene rings is 1.